The molecular weight excluding hydrogens is 296 g/mol. The molecule has 0 spiro atoms. The SMILES string of the molecule is O=C(NC1(C(=O)O)CCNCC1)c1ccc(-c2ccn[nH]2)cc1. The Morgan fingerprint density at radius 1 is 1.13 bits per heavy atom. The predicted octanol–water partition coefficient (Wildman–Crippen LogP) is 1.01. The van der Waals surface area contributed by atoms with Crippen LogP contribution in [0.15, 0.2) is 36.5 Å². The van der Waals surface area contributed by atoms with Gasteiger partial charge in [-0.25, -0.2) is 4.79 Å². The average molecular weight is 314 g/mol. The molecule has 23 heavy (non-hydrogen) atoms. The highest BCUT2D eigenvalue weighted by Crippen LogP contribution is 2.21. The van der Waals surface area contributed by atoms with Crippen molar-refractivity contribution in [2.45, 2.75) is 18.4 Å². The molecule has 0 aliphatic carbocycles. The predicted molar refractivity (Wildman–Crippen MR) is 84.0 cm³/mol. The van der Waals surface area contributed by atoms with E-state index in [2.05, 4.69) is 20.8 Å². The van der Waals surface area contributed by atoms with Crippen molar-refractivity contribution in [1.82, 2.24) is 20.8 Å². The summed E-state index contributed by atoms with van der Waals surface area (Å²) in [4.78, 5) is 24.0. The maximum Gasteiger partial charge on any atom is 0.329 e. The topological polar surface area (TPSA) is 107 Å². The van der Waals surface area contributed by atoms with Gasteiger partial charge in [0, 0.05) is 11.8 Å². The van der Waals surface area contributed by atoms with Gasteiger partial charge < -0.3 is 15.7 Å². The van der Waals surface area contributed by atoms with E-state index in [0.717, 1.165) is 11.3 Å². The lowest BCUT2D eigenvalue weighted by Crippen LogP contribution is -2.59. The van der Waals surface area contributed by atoms with Crippen molar-refractivity contribution in [3.63, 3.8) is 0 Å². The third-order valence-corrected chi connectivity index (χ3v) is 4.18. The molecule has 1 fully saturated rings. The number of nitrogens with zero attached hydrogens (tertiary/aromatic N) is 1. The molecule has 7 nitrogen and oxygen atoms in total. The van der Waals surface area contributed by atoms with Gasteiger partial charge in [0.2, 0.25) is 0 Å². The molecule has 1 amide bonds. The first-order valence-electron chi connectivity index (χ1n) is 7.47. The third kappa shape index (κ3) is 3.09. The van der Waals surface area contributed by atoms with E-state index in [1.807, 2.05) is 6.07 Å². The highest BCUT2D eigenvalue weighted by Gasteiger charge is 2.41. The maximum atomic E-state index is 12.4. The summed E-state index contributed by atoms with van der Waals surface area (Å²) >= 11 is 0. The Labute approximate surface area is 133 Å². The van der Waals surface area contributed by atoms with Crippen molar-refractivity contribution in [2.75, 3.05) is 13.1 Å². The van der Waals surface area contributed by atoms with E-state index in [4.69, 9.17) is 0 Å². The van der Waals surface area contributed by atoms with Gasteiger partial charge in [0.25, 0.3) is 5.91 Å². The Kier molecular flexibility index (Phi) is 4.12. The summed E-state index contributed by atoms with van der Waals surface area (Å²) in [5, 5.41) is 22.1. The van der Waals surface area contributed by atoms with E-state index in [1.54, 1.807) is 30.5 Å². The minimum absolute atomic E-state index is 0.370. The lowest BCUT2D eigenvalue weighted by Gasteiger charge is -2.34. The van der Waals surface area contributed by atoms with Crippen LogP contribution < -0.4 is 10.6 Å². The van der Waals surface area contributed by atoms with E-state index in [1.165, 1.54) is 0 Å². The van der Waals surface area contributed by atoms with Gasteiger partial charge in [0.15, 0.2) is 0 Å². The van der Waals surface area contributed by atoms with Crippen LogP contribution in [0.1, 0.15) is 23.2 Å². The minimum atomic E-state index is -1.19. The number of carboxylic acids is 1. The van der Waals surface area contributed by atoms with Crippen molar-refractivity contribution >= 4 is 11.9 Å². The highest BCUT2D eigenvalue weighted by molar-refractivity contribution is 5.98. The van der Waals surface area contributed by atoms with Gasteiger partial charge in [-0.05, 0) is 49.7 Å². The number of hydrogen-bond donors (Lipinski definition) is 4. The van der Waals surface area contributed by atoms with E-state index >= 15 is 0 Å². The van der Waals surface area contributed by atoms with Crippen molar-refractivity contribution in [2.24, 2.45) is 0 Å². The molecule has 120 valence electrons. The molecule has 2 aromatic rings. The standard InChI is InChI=1S/C16H18N4O3/c21-14(19-16(15(22)23)6-9-17-10-7-16)12-3-1-11(2-4-12)13-5-8-18-20-13/h1-5,8,17H,6-7,9-10H2,(H,18,20)(H,19,21)(H,22,23). The van der Waals surface area contributed by atoms with Crippen molar-refractivity contribution in [3.8, 4) is 11.3 Å². The first-order valence-corrected chi connectivity index (χ1v) is 7.47. The van der Waals surface area contributed by atoms with Crippen LogP contribution in [-0.2, 0) is 4.79 Å². The number of carbonyl (C=O) groups excluding carboxylic acids is 1. The second-order valence-corrected chi connectivity index (χ2v) is 5.64. The van der Waals surface area contributed by atoms with E-state index < -0.39 is 11.5 Å². The molecule has 2 heterocycles. The molecule has 0 saturated carbocycles. The number of aliphatic carboxylic acids is 1. The van der Waals surface area contributed by atoms with Crippen LogP contribution in [0.3, 0.4) is 0 Å². The summed E-state index contributed by atoms with van der Waals surface area (Å²) in [6.07, 6.45) is 2.41. The summed E-state index contributed by atoms with van der Waals surface area (Å²) in [6.45, 7) is 1.15. The molecule has 0 radical (unpaired) electrons. The summed E-state index contributed by atoms with van der Waals surface area (Å²) in [5.41, 5.74) is 1.02. The molecule has 3 rings (SSSR count). The third-order valence-electron chi connectivity index (χ3n) is 4.18. The zero-order valence-electron chi connectivity index (χ0n) is 12.5. The molecule has 1 saturated heterocycles. The second-order valence-electron chi connectivity index (χ2n) is 5.64. The Bertz CT molecular complexity index is 689. The van der Waals surface area contributed by atoms with Gasteiger partial charge in [-0.1, -0.05) is 12.1 Å². The van der Waals surface area contributed by atoms with Crippen LogP contribution in [0, 0.1) is 0 Å². The molecular formula is C16H18N4O3. The fourth-order valence-electron chi connectivity index (χ4n) is 2.75. The largest absolute Gasteiger partial charge is 0.480 e. The fourth-order valence-corrected chi connectivity index (χ4v) is 2.75. The Balaban J connectivity index is 1.76. The number of aromatic nitrogens is 2. The molecule has 1 aromatic carbocycles. The minimum Gasteiger partial charge on any atom is -0.480 e. The Morgan fingerprint density at radius 2 is 1.83 bits per heavy atom. The van der Waals surface area contributed by atoms with Gasteiger partial charge in [0.05, 0.1) is 5.69 Å². The molecule has 0 bridgehead atoms. The van der Waals surface area contributed by atoms with Gasteiger partial charge in [-0.2, -0.15) is 5.10 Å². The maximum absolute atomic E-state index is 12.4. The number of rotatable bonds is 4. The summed E-state index contributed by atoms with van der Waals surface area (Å²) in [5.74, 6) is -1.35. The summed E-state index contributed by atoms with van der Waals surface area (Å²) in [6, 6.07) is 8.81. The second kappa shape index (κ2) is 6.21. The average Bonchev–Trinajstić information content (AvgIpc) is 3.10. The first-order chi connectivity index (χ1) is 11.1. The smallest absolute Gasteiger partial charge is 0.329 e. The lowest BCUT2D eigenvalue weighted by atomic mass is 9.88. The monoisotopic (exact) mass is 314 g/mol. The normalized spacial score (nSPS) is 16.7. The molecule has 0 atom stereocenters. The van der Waals surface area contributed by atoms with Crippen molar-refractivity contribution in [1.29, 1.82) is 0 Å². The number of carboxylic acid groups (broad SMARTS) is 1. The van der Waals surface area contributed by atoms with Crippen LogP contribution in [0.2, 0.25) is 0 Å². The molecule has 4 N–H and O–H groups in total. The number of carbonyl (C=O) groups is 2. The first kappa shape index (κ1) is 15.2. The highest BCUT2D eigenvalue weighted by atomic mass is 16.4. The van der Waals surface area contributed by atoms with Crippen LogP contribution in [0.25, 0.3) is 11.3 Å². The Morgan fingerprint density at radius 3 is 2.39 bits per heavy atom. The summed E-state index contributed by atoms with van der Waals surface area (Å²) in [7, 11) is 0. The number of amides is 1. The van der Waals surface area contributed by atoms with Crippen LogP contribution >= 0.6 is 0 Å². The van der Waals surface area contributed by atoms with Gasteiger partial charge >= 0.3 is 5.97 Å². The number of piperidine rings is 1. The zero-order valence-corrected chi connectivity index (χ0v) is 12.5. The number of aromatic amines is 1. The Hall–Kier alpha value is -2.67. The van der Waals surface area contributed by atoms with E-state index in [0.29, 0.717) is 31.5 Å². The van der Waals surface area contributed by atoms with Gasteiger partial charge in [-0.3, -0.25) is 9.89 Å². The van der Waals surface area contributed by atoms with Crippen LogP contribution in [-0.4, -0.2) is 45.8 Å². The molecule has 1 aliphatic heterocycles. The van der Waals surface area contributed by atoms with Crippen LogP contribution in [0.5, 0.6) is 0 Å². The van der Waals surface area contributed by atoms with Crippen molar-refractivity contribution < 1.29 is 14.7 Å². The van der Waals surface area contributed by atoms with Gasteiger partial charge in [0.1, 0.15) is 5.54 Å². The quantitative estimate of drug-likeness (QED) is 0.674. The number of nitrogens with one attached hydrogen (secondary N) is 3. The molecule has 7 heteroatoms. The van der Waals surface area contributed by atoms with Crippen LogP contribution in [0.4, 0.5) is 0 Å². The van der Waals surface area contributed by atoms with Crippen molar-refractivity contribution in [3.05, 3.63) is 42.1 Å². The molecule has 0 unspecified atom stereocenters. The zero-order chi connectivity index (χ0) is 16.3. The van der Waals surface area contributed by atoms with E-state index in [-0.39, 0.29) is 5.91 Å². The lowest BCUT2D eigenvalue weighted by molar-refractivity contribution is -0.145. The molecule has 1 aliphatic rings. The van der Waals surface area contributed by atoms with E-state index in [9.17, 15) is 14.7 Å². The van der Waals surface area contributed by atoms with Gasteiger partial charge in [-0.15, -0.1) is 0 Å². The number of H-pyrrole nitrogens is 1. The fraction of sp³-hybridized carbons (Fsp3) is 0.312. The number of benzene rings is 1. The number of hydrogen-bond acceptors (Lipinski definition) is 4. The summed E-state index contributed by atoms with van der Waals surface area (Å²) < 4.78 is 0. The molecule has 1 aromatic heterocycles.